The molecule has 0 aliphatic carbocycles. The number of rotatable bonds is 3. The minimum absolute atomic E-state index is 0.0602. The minimum Gasteiger partial charge on any atom is -0.294 e. The highest BCUT2D eigenvalue weighted by Gasteiger charge is 2.29. The van der Waals surface area contributed by atoms with Gasteiger partial charge in [0.15, 0.2) is 5.78 Å². The molecule has 2 nitrogen and oxygen atoms in total. The van der Waals surface area contributed by atoms with Gasteiger partial charge in [0.05, 0.1) is 5.56 Å². The molecule has 0 radical (unpaired) electrons. The van der Waals surface area contributed by atoms with Gasteiger partial charge in [-0.2, -0.15) is 13.2 Å². The number of nitrogens with zero attached hydrogens (tertiary/aromatic N) is 1. The molecular weight excluding hydrogens is 267 g/mol. The monoisotopic (exact) mass is 279 g/mol. The number of carbonyl (C=O) groups excluding carboxylic acids is 1. The van der Waals surface area contributed by atoms with Crippen LogP contribution in [0.5, 0.6) is 0 Å². The summed E-state index contributed by atoms with van der Waals surface area (Å²) in [5.41, 5.74) is 1.13. The Bertz CT molecular complexity index is 618. The van der Waals surface area contributed by atoms with Gasteiger partial charge in [-0.15, -0.1) is 0 Å². The highest BCUT2D eigenvalue weighted by molar-refractivity contribution is 5.98. The Balaban J connectivity index is 2.15. The number of carbonyl (C=O) groups is 1. The summed E-state index contributed by atoms with van der Waals surface area (Å²) >= 11 is 0. The standard InChI is InChI=1S/C15H12F3NO/c1-10-6-7-19-9-13(10)14(20)8-11-2-4-12(5-3-11)15(16,17)18/h2-7,9H,8H2,1H3. The molecule has 5 heteroatoms. The van der Waals surface area contributed by atoms with Crippen LogP contribution in [0.4, 0.5) is 13.2 Å². The van der Waals surface area contributed by atoms with Crippen LogP contribution in [-0.2, 0) is 12.6 Å². The summed E-state index contributed by atoms with van der Waals surface area (Å²) in [5, 5.41) is 0. The molecule has 1 aromatic heterocycles. The first-order chi connectivity index (χ1) is 9.38. The molecule has 0 atom stereocenters. The molecule has 1 heterocycles. The van der Waals surface area contributed by atoms with Gasteiger partial charge in [-0.25, -0.2) is 0 Å². The molecule has 0 aliphatic heterocycles. The van der Waals surface area contributed by atoms with Gasteiger partial charge in [-0.05, 0) is 36.2 Å². The molecule has 20 heavy (non-hydrogen) atoms. The van der Waals surface area contributed by atoms with Crippen molar-refractivity contribution in [3.63, 3.8) is 0 Å². The Kier molecular flexibility index (Phi) is 3.88. The molecule has 2 aromatic rings. The maximum atomic E-state index is 12.4. The molecule has 0 saturated heterocycles. The summed E-state index contributed by atoms with van der Waals surface area (Å²) in [5.74, 6) is -0.157. The largest absolute Gasteiger partial charge is 0.416 e. The number of ketones is 1. The zero-order valence-electron chi connectivity index (χ0n) is 10.7. The van der Waals surface area contributed by atoms with Crippen LogP contribution in [0, 0.1) is 6.92 Å². The second kappa shape index (κ2) is 5.45. The van der Waals surface area contributed by atoms with E-state index in [1.54, 1.807) is 19.2 Å². The van der Waals surface area contributed by atoms with Crippen molar-refractivity contribution in [3.05, 3.63) is 65.0 Å². The predicted octanol–water partition coefficient (Wildman–Crippen LogP) is 3.83. The zero-order valence-corrected chi connectivity index (χ0v) is 10.7. The van der Waals surface area contributed by atoms with Crippen molar-refractivity contribution in [2.75, 3.05) is 0 Å². The molecule has 0 saturated carbocycles. The van der Waals surface area contributed by atoms with E-state index < -0.39 is 11.7 Å². The number of hydrogen-bond donors (Lipinski definition) is 0. The van der Waals surface area contributed by atoms with E-state index in [9.17, 15) is 18.0 Å². The van der Waals surface area contributed by atoms with Crippen LogP contribution in [0.1, 0.15) is 27.0 Å². The van der Waals surface area contributed by atoms with E-state index in [0.717, 1.165) is 17.7 Å². The van der Waals surface area contributed by atoms with Crippen molar-refractivity contribution in [1.82, 2.24) is 4.98 Å². The zero-order chi connectivity index (χ0) is 14.8. The SMILES string of the molecule is Cc1ccncc1C(=O)Cc1ccc(C(F)(F)F)cc1. The fourth-order valence-electron chi connectivity index (χ4n) is 1.85. The van der Waals surface area contributed by atoms with Crippen molar-refractivity contribution < 1.29 is 18.0 Å². The Hall–Kier alpha value is -2.17. The lowest BCUT2D eigenvalue weighted by Crippen LogP contribution is -2.08. The molecule has 0 spiro atoms. The van der Waals surface area contributed by atoms with Crippen LogP contribution >= 0.6 is 0 Å². The number of alkyl halides is 3. The van der Waals surface area contributed by atoms with Crippen LogP contribution in [0.3, 0.4) is 0 Å². The Morgan fingerprint density at radius 2 is 1.80 bits per heavy atom. The van der Waals surface area contributed by atoms with Gasteiger partial charge in [-0.3, -0.25) is 9.78 Å². The number of halogens is 3. The van der Waals surface area contributed by atoms with E-state index in [4.69, 9.17) is 0 Å². The van der Waals surface area contributed by atoms with E-state index in [1.165, 1.54) is 18.3 Å². The maximum absolute atomic E-state index is 12.4. The molecule has 1 aromatic carbocycles. The molecule has 0 amide bonds. The number of pyridine rings is 1. The Morgan fingerprint density at radius 3 is 2.35 bits per heavy atom. The van der Waals surface area contributed by atoms with Gasteiger partial charge >= 0.3 is 6.18 Å². The van der Waals surface area contributed by atoms with Crippen LogP contribution in [0.25, 0.3) is 0 Å². The van der Waals surface area contributed by atoms with Crippen molar-refractivity contribution in [3.8, 4) is 0 Å². The van der Waals surface area contributed by atoms with Crippen molar-refractivity contribution in [2.45, 2.75) is 19.5 Å². The highest BCUT2D eigenvalue weighted by Crippen LogP contribution is 2.29. The average Bonchev–Trinajstić information content (AvgIpc) is 2.38. The molecule has 0 bridgehead atoms. The number of aryl methyl sites for hydroxylation is 1. The lowest BCUT2D eigenvalue weighted by molar-refractivity contribution is -0.137. The van der Waals surface area contributed by atoms with Gasteiger partial charge in [0.25, 0.3) is 0 Å². The summed E-state index contributed by atoms with van der Waals surface area (Å²) in [7, 11) is 0. The summed E-state index contributed by atoms with van der Waals surface area (Å²) < 4.78 is 37.3. The van der Waals surface area contributed by atoms with Crippen LogP contribution in [-0.4, -0.2) is 10.8 Å². The average molecular weight is 279 g/mol. The Labute approximate surface area is 114 Å². The molecular formula is C15H12F3NO. The first kappa shape index (κ1) is 14.2. The normalized spacial score (nSPS) is 11.4. The fraction of sp³-hybridized carbons (Fsp3) is 0.200. The van der Waals surface area contributed by atoms with E-state index in [2.05, 4.69) is 4.98 Å². The quantitative estimate of drug-likeness (QED) is 0.799. The van der Waals surface area contributed by atoms with Crippen LogP contribution in [0.2, 0.25) is 0 Å². The van der Waals surface area contributed by atoms with E-state index in [-0.39, 0.29) is 12.2 Å². The Morgan fingerprint density at radius 1 is 1.15 bits per heavy atom. The second-order valence-electron chi connectivity index (χ2n) is 4.49. The van der Waals surface area contributed by atoms with Crippen molar-refractivity contribution in [2.24, 2.45) is 0 Å². The maximum Gasteiger partial charge on any atom is 0.416 e. The lowest BCUT2D eigenvalue weighted by atomic mass is 10.0. The van der Waals surface area contributed by atoms with Crippen LogP contribution in [0.15, 0.2) is 42.7 Å². The highest BCUT2D eigenvalue weighted by atomic mass is 19.4. The smallest absolute Gasteiger partial charge is 0.294 e. The van der Waals surface area contributed by atoms with Gasteiger partial charge in [0, 0.05) is 24.4 Å². The molecule has 104 valence electrons. The first-order valence-electron chi connectivity index (χ1n) is 5.98. The molecule has 2 rings (SSSR count). The molecule has 0 unspecified atom stereocenters. The van der Waals surface area contributed by atoms with E-state index in [0.29, 0.717) is 11.1 Å². The van der Waals surface area contributed by atoms with Crippen molar-refractivity contribution >= 4 is 5.78 Å². The lowest BCUT2D eigenvalue weighted by Gasteiger charge is -2.08. The van der Waals surface area contributed by atoms with Crippen molar-refractivity contribution in [1.29, 1.82) is 0 Å². The first-order valence-corrected chi connectivity index (χ1v) is 5.98. The summed E-state index contributed by atoms with van der Waals surface area (Å²) in [6.07, 6.45) is -1.24. The summed E-state index contributed by atoms with van der Waals surface area (Å²) in [6, 6.07) is 6.34. The van der Waals surface area contributed by atoms with Gasteiger partial charge in [0.2, 0.25) is 0 Å². The number of aromatic nitrogens is 1. The van der Waals surface area contributed by atoms with Gasteiger partial charge < -0.3 is 0 Å². The minimum atomic E-state index is -4.36. The molecule has 0 N–H and O–H groups in total. The fourth-order valence-corrected chi connectivity index (χ4v) is 1.85. The number of benzene rings is 1. The third kappa shape index (κ3) is 3.23. The van der Waals surface area contributed by atoms with E-state index in [1.807, 2.05) is 0 Å². The topological polar surface area (TPSA) is 30.0 Å². The van der Waals surface area contributed by atoms with E-state index >= 15 is 0 Å². The predicted molar refractivity (Wildman–Crippen MR) is 68.5 cm³/mol. The molecule has 0 fully saturated rings. The third-order valence-electron chi connectivity index (χ3n) is 2.99. The number of Topliss-reactive ketones (excluding diaryl/α,β-unsaturated/α-hetero) is 1. The van der Waals surface area contributed by atoms with Crippen LogP contribution < -0.4 is 0 Å². The molecule has 0 aliphatic rings. The number of hydrogen-bond acceptors (Lipinski definition) is 2. The third-order valence-corrected chi connectivity index (χ3v) is 2.99. The second-order valence-corrected chi connectivity index (χ2v) is 4.49. The van der Waals surface area contributed by atoms with Gasteiger partial charge in [0.1, 0.15) is 0 Å². The summed E-state index contributed by atoms with van der Waals surface area (Å²) in [6.45, 7) is 1.79. The summed E-state index contributed by atoms with van der Waals surface area (Å²) in [4.78, 5) is 15.9. The van der Waals surface area contributed by atoms with Gasteiger partial charge in [-0.1, -0.05) is 12.1 Å².